The Balaban J connectivity index is 3.04. The van der Waals surface area contributed by atoms with Gasteiger partial charge in [-0.1, -0.05) is 0 Å². The summed E-state index contributed by atoms with van der Waals surface area (Å²) in [6, 6.07) is 0. The normalized spacial score (nSPS) is 23.4. The fraction of sp³-hybridized carbons (Fsp3) is 0.769. The van der Waals surface area contributed by atoms with E-state index in [-0.39, 0.29) is 19.8 Å². The van der Waals surface area contributed by atoms with Crippen molar-refractivity contribution in [2.24, 2.45) is 17.8 Å². The molecule has 6 nitrogen and oxygen atoms in total. The summed E-state index contributed by atoms with van der Waals surface area (Å²) in [6.07, 6.45) is 0. The van der Waals surface area contributed by atoms with Crippen molar-refractivity contribution < 1.29 is 28.6 Å². The highest BCUT2D eigenvalue weighted by Crippen LogP contribution is 2.35. The molecule has 0 N–H and O–H groups in total. The van der Waals surface area contributed by atoms with Crippen LogP contribution in [0.15, 0.2) is 0 Å². The second-order valence-electron chi connectivity index (χ2n) is 4.48. The summed E-state index contributed by atoms with van der Waals surface area (Å²) >= 11 is 6.02. The smallest absolute Gasteiger partial charge is 0.321 e. The fourth-order valence-electron chi connectivity index (χ4n) is 2.21. The molecule has 0 radical (unpaired) electrons. The van der Waals surface area contributed by atoms with Gasteiger partial charge in [0.15, 0.2) is 5.92 Å². The molecule has 0 spiro atoms. The maximum absolute atomic E-state index is 12.0. The number of rotatable bonds is 6. The minimum absolute atomic E-state index is 0.0868. The summed E-state index contributed by atoms with van der Waals surface area (Å²) < 4.78 is 14.7. The first kappa shape index (κ1) is 16.8. The molecule has 1 aliphatic heterocycles. The van der Waals surface area contributed by atoms with E-state index in [9.17, 15) is 14.4 Å². The second kappa shape index (κ2) is 7.47. The van der Waals surface area contributed by atoms with Crippen molar-refractivity contribution in [3.63, 3.8) is 0 Å². The third-order valence-electron chi connectivity index (χ3n) is 3.18. The Bertz CT molecular complexity index is 363. The summed E-state index contributed by atoms with van der Waals surface area (Å²) in [7, 11) is 0. The third kappa shape index (κ3) is 3.62. The Kier molecular flexibility index (Phi) is 6.26. The highest BCUT2D eigenvalue weighted by atomic mass is 35.5. The maximum Gasteiger partial charge on any atom is 0.321 e. The Morgan fingerprint density at radius 1 is 1.30 bits per heavy atom. The molecule has 3 unspecified atom stereocenters. The van der Waals surface area contributed by atoms with Gasteiger partial charge in [0, 0.05) is 11.3 Å². The first-order valence-corrected chi connectivity index (χ1v) is 7.01. The molecule has 114 valence electrons. The summed E-state index contributed by atoms with van der Waals surface area (Å²) in [5.41, 5.74) is 0. The molecule has 0 aromatic rings. The average Bonchev–Trinajstić information content (AvgIpc) is 2.73. The first-order valence-electron chi connectivity index (χ1n) is 6.57. The second-order valence-corrected chi connectivity index (χ2v) is 5.17. The molecule has 1 fully saturated rings. The van der Waals surface area contributed by atoms with Crippen LogP contribution in [0.1, 0.15) is 20.8 Å². The third-order valence-corrected chi connectivity index (χ3v) is 3.51. The van der Waals surface area contributed by atoms with Crippen LogP contribution in [0.5, 0.6) is 0 Å². The van der Waals surface area contributed by atoms with Crippen LogP contribution in [-0.2, 0) is 28.6 Å². The highest BCUT2D eigenvalue weighted by Gasteiger charge is 2.51. The van der Waals surface area contributed by atoms with Gasteiger partial charge in [-0.25, -0.2) is 0 Å². The molecule has 3 atom stereocenters. The van der Waals surface area contributed by atoms with Gasteiger partial charge < -0.3 is 14.2 Å². The largest absolute Gasteiger partial charge is 0.465 e. The van der Waals surface area contributed by atoms with Crippen molar-refractivity contribution in [1.82, 2.24) is 0 Å². The number of alkyl halides is 1. The lowest BCUT2D eigenvalue weighted by Gasteiger charge is -2.23. The highest BCUT2D eigenvalue weighted by molar-refractivity contribution is 6.20. The molecule has 20 heavy (non-hydrogen) atoms. The van der Waals surface area contributed by atoms with Crippen LogP contribution in [-0.4, -0.2) is 43.1 Å². The van der Waals surface area contributed by atoms with Gasteiger partial charge in [-0.15, -0.1) is 11.6 Å². The van der Waals surface area contributed by atoms with Crippen molar-refractivity contribution in [1.29, 1.82) is 0 Å². The van der Waals surface area contributed by atoms with Crippen molar-refractivity contribution in [3.05, 3.63) is 0 Å². The van der Waals surface area contributed by atoms with E-state index in [0.717, 1.165) is 0 Å². The van der Waals surface area contributed by atoms with Gasteiger partial charge in [-0.3, -0.25) is 14.4 Å². The van der Waals surface area contributed by atoms with Gasteiger partial charge in [-0.2, -0.15) is 0 Å². The van der Waals surface area contributed by atoms with Crippen LogP contribution in [0.4, 0.5) is 0 Å². The minimum Gasteiger partial charge on any atom is -0.465 e. The maximum atomic E-state index is 12.0. The molecule has 0 amide bonds. The molecular weight excluding hydrogens is 288 g/mol. The van der Waals surface area contributed by atoms with Gasteiger partial charge in [-0.05, 0) is 20.8 Å². The first-order chi connectivity index (χ1) is 9.43. The molecule has 7 heteroatoms. The van der Waals surface area contributed by atoms with Crippen molar-refractivity contribution in [2.75, 3.05) is 19.8 Å². The number of hydrogen-bond donors (Lipinski definition) is 0. The van der Waals surface area contributed by atoms with Gasteiger partial charge in [0.05, 0.1) is 25.7 Å². The van der Waals surface area contributed by atoms with Crippen LogP contribution < -0.4 is 0 Å². The number of carbonyl (C=O) groups is 3. The lowest BCUT2D eigenvalue weighted by Crippen LogP contribution is -2.41. The zero-order chi connectivity index (χ0) is 15.3. The van der Waals surface area contributed by atoms with Crippen LogP contribution in [0.2, 0.25) is 0 Å². The Morgan fingerprint density at radius 3 is 2.20 bits per heavy atom. The number of esters is 3. The zero-order valence-electron chi connectivity index (χ0n) is 11.8. The predicted octanol–water partition coefficient (Wildman–Crippen LogP) is 1.15. The van der Waals surface area contributed by atoms with E-state index in [1.165, 1.54) is 0 Å². The topological polar surface area (TPSA) is 78.9 Å². The Hall–Kier alpha value is -1.30. The summed E-state index contributed by atoms with van der Waals surface area (Å²) in [4.78, 5) is 35.8. The van der Waals surface area contributed by atoms with Gasteiger partial charge >= 0.3 is 17.9 Å². The minimum atomic E-state index is -1.32. The molecule has 0 saturated carbocycles. The van der Waals surface area contributed by atoms with E-state index in [4.69, 9.17) is 25.8 Å². The van der Waals surface area contributed by atoms with Crippen LogP contribution >= 0.6 is 11.6 Å². The van der Waals surface area contributed by atoms with E-state index in [1.54, 1.807) is 20.8 Å². The Labute approximate surface area is 122 Å². The molecule has 0 aliphatic carbocycles. The van der Waals surface area contributed by atoms with Crippen LogP contribution in [0.3, 0.4) is 0 Å². The summed E-state index contributed by atoms with van der Waals surface area (Å²) in [6.45, 7) is 5.23. The standard InChI is InChI=1S/C13H19ClO6/c1-4-18-12(16)10(13(17)19-5-2)9-8(7(3)14)6-20-11(9)15/h7-10H,4-6H2,1-3H3. The van der Waals surface area contributed by atoms with Gasteiger partial charge in [0.25, 0.3) is 0 Å². The molecule has 0 aromatic heterocycles. The quantitative estimate of drug-likeness (QED) is 0.317. The van der Waals surface area contributed by atoms with E-state index >= 15 is 0 Å². The molecule has 1 aliphatic rings. The van der Waals surface area contributed by atoms with Crippen molar-refractivity contribution in [2.45, 2.75) is 26.1 Å². The van der Waals surface area contributed by atoms with E-state index in [2.05, 4.69) is 0 Å². The van der Waals surface area contributed by atoms with Crippen molar-refractivity contribution in [3.8, 4) is 0 Å². The van der Waals surface area contributed by atoms with Crippen molar-refractivity contribution >= 4 is 29.5 Å². The van der Waals surface area contributed by atoms with Gasteiger partial charge in [0.1, 0.15) is 0 Å². The molecule has 1 rings (SSSR count). The fourth-order valence-corrected chi connectivity index (χ4v) is 2.44. The molecule has 1 heterocycles. The van der Waals surface area contributed by atoms with Crippen LogP contribution in [0, 0.1) is 17.8 Å². The lowest BCUT2D eigenvalue weighted by molar-refractivity contribution is -0.168. The monoisotopic (exact) mass is 306 g/mol. The summed E-state index contributed by atoms with van der Waals surface area (Å²) in [5.74, 6) is -4.89. The van der Waals surface area contributed by atoms with Crippen LogP contribution in [0.25, 0.3) is 0 Å². The van der Waals surface area contributed by atoms with E-state index < -0.39 is 41.0 Å². The number of cyclic esters (lactones) is 1. The number of ether oxygens (including phenoxy) is 3. The average molecular weight is 307 g/mol. The van der Waals surface area contributed by atoms with Gasteiger partial charge in [0.2, 0.25) is 0 Å². The molecule has 0 bridgehead atoms. The number of halogens is 1. The molecule has 0 aromatic carbocycles. The molecule has 1 saturated heterocycles. The number of hydrogen-bond acceptors (Lipinski definition) is 6. The Morgan fingerprint density at radius 2 is 1.80 bits per heavy atom. The van der Waals surface area contributed by atoms with E-state index in [0.29, 0.717) is 0 Å². The van der Waals surface area contributed by atoms with E-state index in [1.807, 2.05) is 0 Å². The zero-order valence-corrected chi connectivity index (χ0v) is 12.5. The predicted molar refractivity (Wildman–Crippen MR) is 70.0 cm³/mol. The lowest BCUT2D eigenvalue weighted by atomic mass is 9.81. The molecular formula is C13H19ClO6. The summed E-state index contributed by atoms with van der Waals surface area (Å²) in [5, 5.41) is -0.419. The SMILES string of the molecule is CCOC(=O)C(C(=O)OCC)C1C(=O)OCC1C(C)Cl. The number of carbonyl (C=O) groups excluding carboxylic acids is 3.